The fourth-order valence-corrected chi connectivity index (χ4v) is 4.02. The van der Waals surface area contributed by atoms with Crippen LogP contribution in [0.3, 0.4) is 0 Å². The zero-order chi connectivity index (χ0) is 22.2. The predicted octanol–water partition coefficient (Wildman–Crippen LogP) is 4.74. The van der Waals surface area contributed by atoms with Crippen LogP contribution in [0.4, 0.5) is 5.69 Å². The van der Waals surface area contributed by atoms with Gasteiger partial charge in [0, 0.05) is 23.7 Å². The average molecular weight is 437 g/mol. The first-order chi connectivity index (χ1) is 14.9. The van der Waals surface area contributed by atoms with E-state index >= 15 is 0 Å². The summed E-state index contributed by atoms with van der Waals surface area (Å²) in [6.45, 7) is 6.21. The van der Waals surface area contributed by atoms with Crippen LogP contribution in [0.15, 0.2) is 54.6 Å². The van der Waals surface area contributed by atoms with Gasteiger partial charge in [0.1, 0.15) is 5.01 Å². The van der Waals surface area contributed by atoms with Gasteiger partial charge in [-0.3, -0.25) is 9.59 Å². The molecular weight excluding hydrogens is 408 g/mol. The maximum Gasteiger partial charge on any atom is 0.286 e. The van der Waals surface area contributed by atoms with Gasteiger partial charge in [-0.1, -0.05) is 55.5 Å². The Morgan fingerprint density at radius 3 is 2.32 bits per heavy atom. The molecule has 2 aromatic carbocycles. The molecule has 0 saturated carbocycles. The third kappa shape index (κ3) is 7.00. The number of carbonyl (C=O) groups excluding carboxylic acids is 2. The molecule has 3 aromatic rings. The highest BCUT2D eigenvalue weighted by Gasteiger charge is 2.15. The molecule has 31 heavy (non-hydrogen) atoms. The van der Waals surface area contributed by atoms with Crippen molar-refractivity contribution in [3.05, 3.63) is 75.7 Å². The van der Waals surface area contributed by atoms with E-state index in [9.17, 15) is 9.59 Å². The molecule has 0 fully saturated rings. The van der Waals surface area contributed by atoms with Crippen molar-refractivity contribution in [1.82, 2.24) is 15.5 Å². The van der Waals surface area contributed by atoms with Crippen LogP contribution in [-0.2, 0) is 12.8 Å². The van der Waals surface area contributed by atoms with Crippen LogP contribution >= 0.6 is 11.3 Å². The minimum atomic E-state index is -0.292. The summed E-state index contributed by atoms with van der Waals surface area (Å²) < 4.78 is 0. The number of aromatic nitrogens is 2. The lowest BCUT2D eigenvalue weighted by Crippen LogP contribution is -2.32. The molecular formula is C24H28N4O2S. The van der Waals surface area contributed by atoms with E-state index in [4.69, 9.17) is 0 Å². The molecule has 3 rings (SSSR count). The van der Waals surface area contributed by atoms with Crippen molar-refractivity contribution >= 4 is 28.8 Å². The van der Waals surface area contributed by atoms with Gasteiger partial charge in [-0.25, -0.2) is 0 Å². The number of hydrogen-bond acceptors (Lipinski definition) is 5. The molecule has 0 saturated heterocycles. The third-order valence-corrected chi connectivity index (χ3v) is 5.68. The van der Waals surface area contributed by atoms with Crippen molar-refractivity contribution in [2.24, 2.45) is 5.92 Å². The van der Waals surface area contributed by atoms with E-state index in [1.165, 1.54) is 16.9 Å². The zero-order valence-corrected chi connectivity index (χ0v) is 18.9. The minimum Gasteiger partial charge on any atom is -0.350 e. The van der Waals surface area contributed by atoms with Gasteiger partial charge in [-0.05, 0) is 55.5 Å². The molecule has 0 aliphatic rings. The number of hydrogen-bond donors (Lipinski definition) is 2. The number of anilines is 1. The molecule has 1 atom stereocenters. The van der Waals surface area contributed by atoms with Crippen molar-refractivity contribution < 1.29 is 9.59 Å². The summed E-state index contributed by atoms with van der Waals surface area (Å²) in [4.78, 5) is 24.9. The van der Waals surface area contributed by atoms with Crippen LogP contribution in [0.2, 0.25) is 0 Å². The van der Waals surface area contributed by atoms with E-state index in [1.54, 1.807) is 24.3 Å². The lowest BCUT2D eigenvalue weighted by Gasteiger charge is -2.14. The van der Waals surface area contributed by atoms with E-state index in [0.29, 0.717) is 22.2 Å². The van der Waals surface area contributed by atoms with E-state index in [1.807, 2.05) is 25.1 Å². The van der Waals surface area contributed by atoms with Crippen LogP contribution in [0.1, 0.15) is 57.9 Å². The summed E-state index contributed by atoms with van der Waals surface area (Å²) >= 11 is 1.31. The van der Waals surface area contributed by atoms with Crippen LogP contribution in [0, 0.1) is 5.92 Å². The van der Waals surface area contributed by atoms with Gasteiger partial charge < -0.3 is 10.6 Å². The molecule has 0 spiro atoms. The summed E-state index contributed by atoms with van der Waals surface area (Å²) in [6.07, 6.45) is 2.58. The van der Waals surface area contributed by atoms with Crippen LogP contribution in [0.25, 0.3) is 0 Å². The molecule has 1 aromatic heterocycles. The van der Waals surface area contributed by atoms with Crippen molar-refractivity contribution in [3.63, 3.8) is 0 Å². The minimum absolute atomic E-state index is 0.0597. The monoisotopic (exact) mass is 436 g/mol. The van der Waals surface area contributed by atoms with Crippen molar-refractivity contribution in [3.8, 4) is 0 Å². The Labute approximate surface area is 187 Å². The number of benzene rings is 2. The van der Waals surface area contributed by atoms with E-state index < -0.39 is 0 Å². The Kier molecular flexibility index (Phi) is 7.89. The zero-order valence-electron chi connectivity index (χ0n) is 18.1. The highest BCUT2D eigenvalue weighted by Crippen LogP contribution is 2.17. The molecule has 2 amide bonds. The van der Waals surface area contributed by atoms with Gasteiger partial charge in [0.2, 0.25) is 5.01 Å². The topological polar surface area (TPSA) is 84.0 Å². The summed E-state index contributed by atoms with van der Waals surface area (Å²) in [7, 11) is 0. The Bertz CT molecular complexity index is 1000. The second-order valence-electron chi connectivity index (χ2n) is 8.03. The molecule has 162 valence electrons. The SMILES string of the molecule is CC(C)Cc1nnc(C(=O)Nc2ccc(C(=O)N[C@@H](C)CCc3ccccc3)cc2)s1. The molecule has 0 aliphatic heterocycles. The fourth-order valence-electron chi connectivity index (χ4n) is 3.07. The molecule has 6 nitrogen and oxygen atoms in total. The van der Waals surface area contributed by atoms with Gasteiger partial charge in [0.25, 0.3) is 11.8 Å². The van der Waals surface area contributed by atoms with Crippen molar-refractivity contribution in [2.45, 2.75) is 46.1 Å². The smallest absolute Gasteiger partial charge is 0.286 e. The Hall–Kier alpha value is -3.06. The second-order valence-corrected chi connectivity index (χ2v) is 9.09. The van der Waals surface area contributed by atoms with Crippen molar-refractivity contribution in [2.75, 3.05) is 5.32 Å². The van der Waals surface area contributed by atoms with Crippen molar-refractivity contribution in [1.29, 1.82) is 0 Å². The molecule has 7 heteroatoms. The van der Waals surface area contributed by atoms with Gasteiger partial charge in [-0.15, -0.1) is 10.2 Å². The number of rotatable bonds is 9. The molecule has 0 radical (unpaired) electrons. The highest BCUT2D eigenvalue weighted by atomic mass is 32.1. The highest BCUT2D eigenvalue weighted by molar-refractivity contribution is 7.13. The number of nitrogens with zero attached hydrogens (tertiary/aromatic N) is 2. The molecule has 2 N–H and O–H groups in total. The largest absolute Gasteiger partial charge is 0.350 e. The molecule has 1 heterocycles. The second kappa shape index (κ2) is 10.8. The Morgan fingerprint density at radius 2 is 1.65 bits per heavy atom. The van der Waals surface area contributed by atoms with Gasteiger partial charge in [0.05, 0.1) is 0 Å². The Balaban J connectivity index is 1.50. The van der Waals surface area contributed by atoms with E-state index in [-0.39, 0.29) is 17.9 Å². The van der Waals surface area contributed by atoms with Gasteiger partial charge >= 0.3 is 0 Å². The van der Waals surface area contributed by atoms with Gasteiger partial charge in [-0.2, -0.15) is 0 Å². The van der Waals surface area contributed by atoms with Crippen LogP contribution in [0.5, 0.6) is 0 Å². The average Bonchev–Trinajstić information content (AvgIpc) is 3.21. The molecule has 0 unspecified atom stereocenters. The number of carbonyl (C=O) groups is 2. The normalized spacial score (nSPS) is 11.9. The lowest BCUT2D eigenvalue weighted by atomic mass is 10.1. The van der Waals surface area contributed by atoms with Gasteiger partial charge in [0.15, 0.2) is 0 Å². The number of nitrogens with one attached hydrogen (secondary N) is 2. The number of aryl methyl sites for hydroxylation is 1. The maximum absolute atomic E-state index is 12.5. The summed E-state index contributed by atoms with van der Waals surface area (Å²) in [5.41, 5.74) is 2.43. The lowest BCUT2D eigenvalue weighted by molar-refractivity contribution is 0.0938. The Morgan fingerprint density at radius 1 is 0.935 bits per heavy atom. The first-order valence-electron chi connectivity index (χ1n) is 10.5. The standard InChI is InChI=1S/C24H28N4O2S/c1-16(2)15-21-27-28-24(31-21)23(30)26-20-13-11-19(12-14-20)22(29)25-17(3)9-10-18-7-5-4-6-8-18/h4-8,11-14,16-17H,9-10,15H2,1-3H3,(H,25,29)(H,26,30)/t17-/m0/s1. The maximum atomic E-state index is 12.5. The fraction of sp³-hybridized carbons (Fsp3) is 0.333. The summed E-state index contributed by atoms with van der Waals surface area (Å²) in [5, 5.41) is 15.1. The molecule has 0 aliphatic carbocycles. The number of amides is 2. The van der Waals surface area contributed by atoms with E-state index in [0.717, 1.165) is 24.3 Å². The molecule has 0 bridgehead atoms. The van der Waals surface area contributed by atoms with Crippen LogP contribution in [-0.4, -0.2) is 28.1 Å². The van der Waals surface area contributed by atoms with Crippen LogP contribution < -0.4 is 10.6 Å². The van der Waals surface area contributed by atoms with E-state index in [2.05, 4.69) is 46.8 Å². The predicted molar refractivity (Wildman–Crippen MR) is 125 cm³/mol. The third-order valence-electron chi connectivity index (χ3n) is 4.74. The first kappa shape index (κ1) is 22.6. The summed E-state index contributed by atoms with van der Waals surface area (Å²) in [5.74, 6) is 0.0451. The quantitative estimate of drug-likeness (QED) is 0.507. The summed E-state index contributed by atoms with van der Waals surface area (Å²) in [6, 6.07) is 17.1. The first-order valence-corrected chi connectivity index (χ1v) is 11.3.